The van der Waals surface area contributed by atoms with Gasteiger partial charge in [-0.1, -0.05) is 5.21 Å². The molecule has 2 aliphatic carbocycles. The molecule has 0 spiro atoms. The minimum absolute atomic E-state index is 0.00337. The van der Waals surface area contributed by atoms with Crippen LogP contribution in [0.15, 0.2) is 24.4 Å². The highest BCUT2D eigenvalue weighted by Crippen LogP contribution is 2.48. The Balaban J connectivity index is 1.28. The minimum atomic E-state index is -1.11. The fourth-order valence-corrected chi connectivity index (χ4v) is 5.55. The van der Waals surface area contributed by atoms with Gasteiger partial charge in [-0.2, -0.15) is 4.98 Å². The number of nitrogens with zero attached hydrogens (tertiary/aromatic N) is 6. The molecule has 0 aliphatic heterocycles. The molecule has 0 saturated heterocycles. The van der Waals surface area contributed by atoms with Crippen LogP contribution >= 0.6 is 0 Å². The Kier molecular flexibility index (Phi) is 6.57. The summed E-state index contributed by atoms with van der Waals surface area (Å²) in [6.07, 6.45) is 4.93. The van der Waals surface area contributed by atoms with Crippen molar-refractivity contribution in [3.63, 3.8) is 0 Å². The topological polar surface area (TPSA) is 145 Å². The number of aryl methyl sites for hydroxylation is 2. The van der Waals surface area contributed by atoms with Crippen molar-refractivity contribution < 1.29 is 24.5 Å². The number of ether oxygens (including phenoxy) is 2. The number of pyridine rings is 1. The van der Waals surface area contributed by atoms with Crippen molar-refractivity contribution in [3.05, 3.63) is 41.5 Å². The molecule has 11 nitrogen and oxygen atoms in total. The Morgan fingerprint density at radius 3 is 2.73 bits per heavy atom. The molecule has 3 aromatic heterocycles. The second kappa shape index (κ2) is 9.70. The predicted octanol–water partition coefficient (Wildman–Crippen LogP) is 3.05. The number of carboxylic acids is 1. The molecule has 196 valence electrons. The zero-order chi connectivity index (χ0) is 26.3. The van der Waals surface area contributed by atoms with Gasteiger partial charge in [0.05, 0.1) is 29.1 Å². The monoisotopic (exact) mass is 508 g/mol. The molecule has 3 aromatic rings. The van der Waals surface area contributed by atoms with Crippen molar-refractivity contribution >= 4 is 5.97 Å². The second-order valence-corrected chi connectivity index (χ2v) is 10.5. The third kappa shape index (κ3) is 5.13. The Morgan fingerprint density at radius 1 is 1.19 bits per heavy atom. The van der Waals surface area contributed by atoms with Crippen molar-refractivity contribution in [2.75, 3.05) is 0 Å². The maximum atomic E-state index is 11.6. The van der Waals surface area contributed by atoms with Gasteiger partial charge in [0, 0.05) is 13.2 Å². The van der Waals surface area contributed by atoms with E-state index < -0.39 is 11.6 Å². The number of aromatic nitrogens is 6. The molecule has 4 atom stereocenters. The quantitative estimate of drug-likeness (QED) is 0.465. The zero-order valence-corrected chi connectivity index (χ0v) is 21.5. The predicted molar refractivity (Wildman–Crippen MR) is 132 cm³/mol. The lowest BCUT2D eigenvalue weighted by molar-refractivity contribution is -0.143. The summed E-state index contributed by atoms with van der Waals surface area (Å²) in [7, 11) is 1.77. The van der Waals surface area contributed by atoms with Gasteiger partial charge in [-0.25, -0.2) is 14.6 Å². The standard InChI is InChI=1S/C26H32N6O5/c1-14-21(37-16-11-15-5-6-17(24(33)34)18(15)12-16)8-7-19(28-14)23-20(32(4)31-30-23)13-36-25-27-10-9-22(29-25)26(2,3)35/h7-10,15-18,35H,5-6,11-13H2,1-4H3,(H,33,34). The highest BCUT2D eigenvalue weighted by Gasteiger charge is 2.47. The molecule has 0 aromatic carbocycles. The highest BCUT2D eigenvalue weighted by molar-refractivity contribution is 5.71. The summed E-state index contributed by atoms with van der Waals surface area (Å²) in [5.41, 5.74) is 1.98. The van der Waals surface area contributed by atoms with Crippen molar-refractivity contribution in [2.45, 2.75) is 64.8 Å². The van der Waals surface area contributed by atoms with Crippen LogP contribution in [0.5, 0.6) is 11.8 Å². The summed E-state index contributed by atoms with van der Waals surface area (Å²) in [6, 6.07) is 5.52. The molecule has 3 heterocycles. The summed E-state index contributed by atoms with van der Waals surface area (Å²) in [5, 5.41) is 28.1. The Bertz CT molecular complexity index is 1300. The first-order valence-electron chi connectivity index (χ1n) is 12.5. The molecular weight excluding hydrogens is 476 g/mol. The van der Waals surface area contributed by atoms with Crippen molar-refractivity contribution in [1.82, 2.24) is 29.9 Å². The molecule has 37 heavy (non-hydrogen) atoms. The smallest absolute Gasteiger partial charge is 0.317 e. The third-order valence-corrected chi connectivity index (χ3v) is 7.50. The van der Waals surface area contributed by atoms with Gasteiger partial charge < -0.3 is 19.7 Å². The number of carboxylic acid groups (broad SMARTS) is 1. The molecular formula is C26H32N6O5. The van der Waals surface area contributed by atoms with Crippen LogP contribution in [0.3, 0.4) is 0 Å². The van der Waals surface area contributed by atoms with E-state index in [1.165, 1.54) is 0 Å². The van der Waals surface area contributed by atoms with Crippen LogP contribution < -0.4 is 9.47 Å². The number of rotatable bonds is 8. The number of carbonyl (C=O) groups is 1. The molecule has 5 rings (SSSR count). The van der Waals surface area contributed by atoms with E-state index in [9.17, 15) is 15.0 Å². The average Bonchev–Trinajstić information content (AvgIpc) is 3.52. The second-order valence-electron chi connectivity index (χ2n) is 10.5. The normalized spacial score (nSPS) is 23.2. The van der Waals surface area contributed by atoms with Crippen LogP contribution in [0.2, 0.25) is 0 Å². The van der Waals surface area contributed by atoms with Crippen LogP contribution in [0.4, 0.5) is 0 Å². The number of hydrogen-bond acceptors (Lipinski definition) is 9. The number of fused-ring (bicyclic) bond motifs is 1. The van der Waals surface area contributed by atoms with E-state index in [4.69, 9.17) is 14.5 Å². The first-order chi connectivity index (χ1) is 17.6. The SMILES string of the molecule is Cc1nc(-c2nnn(C)c2COc2nccc(C(C)(C)O)n2)ccc1OC1CC2CCC(C(=O)O)C2C1. The maximum absolute atomic E-state index is 11.6. The van der Waals surface area contributed by atoms with Crippen molar-refractivity contribution in [1.29, 1.82) is 0 Å². The molecule has 11 heteroatoms. The van der Waals surface area contributed by atoms with Crippen LogP contribution in [0.25, 0.3) is 11.4 Å². The highest BCUT2D eigenvalue weighted by atomic mass is 16.5. The largest absolute Gasteiger partial charge is 0.489 e. The summed E-state index contributed by atoms with van der Waals surface area (Å²) in [5.74, 6) is 0.384. The first-order valence-corrected chi connectivity index (χ1v) is 12.5. The van der Waals surface area contributed by atoms with E-state index in [1.807, 2.05) is 19.1 Å². The van der Waals surface area contributed by atoms with Gasteiger partial charge in [0.2, 0.25) is 0 Å². The van der Waals surface area contributed by atoms with E-state index in [-0.39, 0.29) is 30.6 Å². The van der Waals surface area contributed by atoms with E-state index in [0.717, 1.165) is 31.4 Å². The van der Waals surface area contributed by atoms with Crippen LogP contribution in [0, 0.1) is 24.7 Å². The van der Waals surface area contributed by atoms with E-state index in [0.29, 0.717) is 34.4 Å². The fraction of sp³-hybridized carbons (Fsp3) is 0.538. The van der Waals surface area contributed by atoms with Gasteiger partial charge in [0.25, 0.3) is 0 Å². The van der Waals surface area contributed by atoms with Crippen LogP contribution in [-0.4, -0.2) is 52.2 Å². The molecule has 0 bridgehead atoms. The van der Waals surface area contributed by atoms with Gasteiger partial charge in [0.15, 0.2) is 0 Å². The summed E-state index contributed by atoms with van der Waals surface area (Å²) < 4.78 is 13.7. The summed E-state index contributed by atoms with van der Waals surface area (Å²) >= 11 is 0. The van der Waals surface area contributed by atoms with E-state index in [2.05, 4.69) is 20.3 Å². The lowest BCUT2D eigenvalue weighted by atomic mass is 9.92. The third-order valence-electron chi connectivity index (χ3n) is 7.50. The number of aliphatic hydroxyl groups is 1. The van der Waals surface area contributed by atoms with Gasteiger partial charge in [-0.05, 0) is 76.5 Å². The number of aliphatic carboxylic acids is 1. The molecule has 2 saturated carbocycles. The molecule has 0 amide bonds. The van der Waals surface area contributed by atoms with Gasteiger partial charge in [-0.3, -0.25) is 4.79 Å². The fourth-order valence-electron chi connectivity index (χ4n) is 5.55. The average molecular weight is 509 g/mol. The molecule has 2 N–H and O–H groups in total. The molecule has 4 unspecified atom stereocenters. The molecule has 2 fully saturated rings. The summed E-state index contributed by atoms with van der Waals surface area (Å²) in [6.45, 7) is 5.30. The summed E-state index contributed by atoms with van der Waals surface area (Å²) in [4.78, 5) is 24.7. The van der Waals surface area contributed by atoms with Crippen molar-refractivity contribution in [2.24, 2.45) is 24.8 Å². The van der Waals surface area contributed by atoms with Gasteiger partial charge >= 0.3 is 12.0 Å². The maximum Gasteiger partial charge on any atom is 0.317 e. The molecule has 2 aliphatic rings. The van der Waals surface area contributed by atoms with E-state index in [1.54, 1.807) is 37.8 Å². The lowest BCUT2D eigenvalue weighted by Crippen LogP contribution is -2.21. The Hall–Kier alpha value is -3.60. The Morgan fingerprint density at radius 2 is 2.00 bits per heavy atom. The van der Waals surface area contributed by atoms with Crippen LogP contribution in [0.1, 0.15) is 56.6 Å². The minimum Gasteiger partial charge on any atom is -0.489 e. The first kappa shape index (κ1) is 25.1. The van der Waals surface area contributed by atoms with Gasteiger partial charge in [0.1, 0.15) is 29.3 Å². The Labute approximate surface area is 214 Å². The van der Waals surface area contributed by atoms with E-state index >= 15 is 0 Å². The number of hydrogen-bond donors (Lipinski definition) is 2. The van der Waals surface area contributed by atoms with Crippen molar-refractivity contribution in [3.8, 4) is 23.1 Å². The zero-order valence-electron chi connectivity index (χ0n) is 21.5. The lowest BCUT2D eigenvalue weighted by Gasteiger charge is -2.18. The van der Waals surface area contributed by atoms with Gasteiger partial charge in [-0.15, -0.1) is 5.10 Å². The molecule has 0 radical (unpaired) electrons. The van der Waals surface area contributed by atoms with Crippen LogP contribution in [-0.2, 0) is 24.1 Å².